The van der Waals surface area contributed by atoms with Crippen LogP contribution in [0.3, 0.4) is 0 Å². The van der Waals surface area contributed by atoms with Gasteiger partial charge >= 0.3 is 0 Å². The number of ether oxygens (including phenoxy) is 1. The lowest BCUT2D eigenvalue weighted by atomic mass is 10.00. The predicted octanol–water partition coefficient (Wildman–Crippen LogP) is 6.03. The molecule has 152 valence electrons. The summed E-state index contributed by atoms with van der Waals surface area (Å²) in [5, 5.41) is 0.496. The molecule has 2 aromatic rings. The van der Waals surface area contributed by atoms with Crippen LogP contribution in [0.1, 0.15) is 44.1 Å². The van der Waals surface area contributed by atoms with Gasteiger partial charge in [-0.3, -0.25) is 0 Å². The highest BCUT2D eigenvalue weighted by Crippen LogP contribution is 2.70. The highest BCUT2D eigenvalue weighted by Gasteiger charge is 2.75. The molecule has 0 radical (unpaired) electrons. The molecule has 28 heavy (non-hydrogen) atoms. The number of aliphatic imine (C=N–C) groups is 1. The first kappa shape index (κ1) is 21.3. The van der Waals surface area contributed by atoms with Crippen molar-refractivity contribution in [2.24, 2.45) is 10.9 Å². The molecule has 1 saturated carbocycles. The fourth-order valence-electron chi connectivity index (χ4n) is 3.47. The van der Waals surface area contributed by atoms with E-state index in [0.717, 1.165) is 35.5 Å². The third kappa shape index (κ3) is 3.51. The maximum Gasteiger partial charge on any atom is 0.298 e. The Bertz CT molecular complexity index is 898. The van der Waals surface area contributed by atoms with E-state index in [0.29, 0.717) is 11.0 Å². The molecule has 2 atom stereocenters. The standard InChI is InChI=1S/C20H26Cl2N4OS/c1-7-19(14(5)20(19,21)22)17-24-18(28-25-17)27-16-10-12(3)15(9-13(16)4)23-11-26(6)8-2/h9-11,14H,7-8H2,1-6H3/b23-11-. The summed E-state index contributed by atoms with van der Waals surface area (Å²) in [4.78, 5) is 11.2. The third-order valence-electron chi connectivity index (χ3n) is 5.74. The van der Waals surface area contributed by atoms with Gasteiger partial charge in [-0.2, -0.15) is 9.36 Å². The minimum atomic E-state index is -0.822. The summed E-state index contributed by atoms with van der Waals surface area (Å²) in [5.41, 5.74) is 2.55. The number of aryl methyl sites for hydroxylation is 2. The van der Waals surface area contributed by atoms with E-state index in [1.165, 1.54) is 11.5 Å². The summed E-state index contributed by atoms with van der Waals surface area (Å²) in [5.74, 6) is 1.53. The van der Waals surface area contributed by atoms with Crippen LogP contribution >= 0.6 is 34.7 Å². The van der Waals surface area contributed by atoms with Crippen molar-refractivity contribution >= 4 is 46.8 Å². The molecule has 1 fully saturated rings. The van der Waals surface area contributed by atoms with Crippen molar-refractivity contribution in [1.82, 2.24) is 14.3 Å². The molecule has 5 nitrogen and oxygen atoms in total. The van der Waals surface area contributed by atoms with Crippen molar-refractivity contribution < 1.29 is 4.74 Å². The second kappa shape index (κ2) is 7.81. The van der Waals surface area contributed by atoms with Crippen LogP contribution in [0, 0.1) is 19.8 Å². The first-order chi connectivity index (χ1) is 13.2. The van der Waals surface area contributed by atoms with Crippen LogP contribution in [0.4, 0.5) is 5.69 Å². The van der Waals surface area contributed by atoms with Crippen molar-refractivity contribution in [3.63, 3.8) is 0 Å². The molecule has 1 aromatic heterocycles. The summed E-state index contributed by atoms with van der Waals surface area (Å²) >= 11 is 14.2. The Balaban J connectivity index is 1.81. The third-order valence-corrected chi connectivity index (χ3v) is 7.67. The topological polar surface area (TPSA) is 50.6 Å². The molecule has 0 spiro atoms. The largest absolute Gasteiger partial charge is 0.430 e. The molecule has 0 N–H and O–H groups in total. The number of hydrogen-bond donors (Lipinski definition) is 0. The first-order valence-electron chi connectivity index (χ1n) is 9.42. The van der Waals surface area contributed by atoms with Gasteiger partial charge in [-0.05, 0) is 50.5 Å². The summed E-state index contributed by atoms with van der Waals surface area (Å²) in [7, 11) is 2.00. The van der Waals surface area contributed by atoms with Gasteiger partial charge in [0.15, 0.2) is 5.82 Å². The second-order valence-corrected chi connectivity index (χ2v) is 9.48. The maximum atomic E-state index is 6.48. The summed E-state index contributed by atoms with van der Waals surface area (Å²) < 4.78 is 9.72. The number of halogens is 2. The smallest absolute Gasteiger partial charge is 0.298 e. The number of rotatable bonds is 7. The molecule has 1 heterocycles. The summed E-state index contributed by atoms with van der Waals surface area (Å²) in [6, 6.07) is 4.00. The second-order valence-electron chi connectivity index (χ2n) is 7.38. The van der Waals surface area contributed by atoms with Crippen LogP contribution in [0.25, 0.3) is 0 Å². The molecular formula is C20H26Cl2N4OS. The van der Waals surface area contributed by atoms with Gasteiger partial charge in [0, 0.05) is 31.0 Å². The molecule has 0 bridgehead atoms. The van der Waals surface area contributed by atoms with Crippen LogP contribution in [0.5, 0.6) is 10.9 Å². The first-order valence-corrected chi connectivity index (χ1v) is 11.0. The molecule has 1 aliphatic carbocycles. The maximum absolute atomic E-state index is 6.48. The van der Waals surface area contributed by atoms with Crippen molar-refractivity contribution in [1.29, 1.82) is 0 Å². The zero-order valence-electron chi connectivity index (χ0n) is 17.1. The Labute approximate surface area is 180 Å². The van der Waals surface area contributed by atoms with Gasteiger partial charge in [0.25, 0.3) is 5.19 Å². The highest BCUT2D eigenvalue weighted by atomic mass is 35.5. The minimum Gasteiger partial charge on any atom is -0.430 e. The van der Waals surface area contributed by atoms with E-state index in [1.807, 2.05) is 51.2 Å². The lowest BCUT2D eigenvalue weighted by Gasteiger charge is -2.12. The van der Waals surface area contributed by atoms with E-state index in [-0.39, 0.29) is 5.92 Å². The summed E-state index contributed by atoms with van der Waals surface area (Å²) in [6.45, 7) is 11.1. The SMILES string of the molecule is CCN(C)/C=N\c1cc(C)c(Oc2nc(C3(CC)C(C)C3(Cl)Cl)ns2)cc1C. The van der Waals surface area contributed by atoms with Gasteiger partial charge in [-0.1, -0.05) is 13.8 Å². The lowest BCUT2D eigenvalue weighted by molar-refractivity contribution is 0.467. The molecular weight excluding hydrogens is 415 g/mol. The molecule has 0 aliphatic heterocycles. The fraction of sp³-hybridized carbons (Fsp3) is 0.550. The normalized spacial score (nSPS) is 23.2. The molecule has 0 saturated heterocycles. The van der Waals surface area contributed by atoms with Crippen LogP contribution in [-0.4, -0.2) is 38.5 Å². The minimum absolute atomic E-state index is 0.109. The van der Waals surface area contributed by atoms with E-state index in [4.69, 9.17) is 27.9 Å². The molecule has 1 aliphatic rings. The summed E-state index contributed by atoms with van der Waals surface area (Å²) in [6.07, 6.45) is 2.62. The van der Waals surface area contributed by atoms with Crippen molar-refractivity contribution in [3.05, 3.63) is 29.1 Å². The Morgan fingerprint density at radius 1 is 1.29 bits per heavy atom. The van der Waals surface area contributed by atoms with E-state index in [1.54, 1.807) is 0 Å². The molecule has 8 heteroatoms. The number of alkyl halides is 2. The van der Waals surface area contributed by atoms with Crippen LogP contribution in [-0.2, 0) is 5.41 Å². The number of aromatic nitrogens is 2. The molecule has 2 unspecified atom stereocenters. The van der Waals surface area contributed by atoms with E-state index in [2.05, 4.69) is 28.2 Å². The van der Waals surface area contributed by atoms with E-state index in [9.17, 15) is 0 Å². The zero-order valence-corrected chi connectivity index (χ0v) is 19.4. The highest BCUT2D eigenvalue weighted by molar-refractivity contribution is 7.07. The number of nitrogens with zero attached hydrogens (tertiary/aromatic N) is 4. The number of benzene rings is 1. The molecule has 3 rings (SSSR count). The van der Waals surface area contributed by atoms with Gasteiger partial charge in [0.2, 0.25) is 0 Å². The van der Waals surface area contributed by atoms with Gasteiger partial charge in [-0.15, -0.1) is 23.2 Å². The predicted molar refractivity (Wildman–Crippen MR) is 118 cm³/mol. The van der Waals surface area contributed by atoms with Crippen LogP contribution in [0.15, 0.2) is 17.1 Å². The Morgan fingerprint density at radius 3 is 2.54 bits per heavy atom. The quantitative estimate of drug-likeness (QED) is 0.299. The van der Waals surface area contributed by atoms with Gasteiger partial charge in [-0.25, -0.2) is 4.99 Å². The van der Waals surface area contributed by atoms with Crippen molar-refractivity contribution in [3.8, 4) is 10.9 Å². The number of hydrogen-bond acceptors (Lipinski definition) is 5. The Hall–Kier alpha value is -1.37. The monoisotopic (exact) mass is 440 g/mol. The van der Waals surface area contributed by atoms with Gasteiger partial charge < -0.3 is 9.64 Å². The molecule has 1 aromatic carbocycles. The Morgan fingerprint density at radius 2 is 1.96 bits per heavy atom. The van der Waals surface area contributed by atoms with Crippen LogP contribution in [0.2, 0.25) is 0 Å². The van der Waals surface area contributed by atoms with E-state index >= 15 is 0 Å². The van der Waals surface area contributed by atoms with Crippen molar-refractivity contribution in [2.45, 2.75) is 50.8 Å². The van der Waals surface area contributed by atoms with Crippen molar-refractivity contribution in [2.75, 3.05) is 13.6 Å². The lowest BCUT2D eigenvalue weighted by Crippen LogP contribution is -2.16. The van der Waals surface area contributed by atoms with Crippen LogP contribution < -0.4 is 4.74 Å². The average Bonchev–Trinajstić information content (AvgIpc) is 2.96. The molecule has 0 amide bonds. The Kier molecular flexibility index (Phi) is 5.95. The zero-order chi connectivity index (χ0) is 20.7. The van der Waals surface area contributed by atoms with E-state index < -0.39 is 9.75 Å². The fourth-order valence-corrected chi connectivity index (χ4v) is 5.12. The van der Waals surface area contributed by atoms with Gasteiger partial charge in [0.05, 0.1) is 17.4 Å². The average molecular weight is 441 g/mol. The van der Waals surface area contributed by atoms with Gasteiger partial charge in [0.1, 0.15) is 10.1 Å².